The van der Waals surface area contributed by atoms with Gasteiger partial charge in [0, 0.05) is 136 Å². The molecule has 37 nitrogen and oxygen atoms in total. The average molecular weight is 1700 g/mol. The highest BCUT2D eigenvalue weighted by Gasteiger charge is 2.47. The van der Waals surface area contributed by atoms with Crippen LogP contribution in [-0.4, -0.2) is 312 Å². The van der Waals surface area contributed by atoms with Gasteiger partial charge < -0.3 is 130 Å². The minimum absolute atomic E-state index is 0. The molecule has 6 amide bonds. The summed E-state index contributed by atoms with van der Waals surface area (Å²) in [5.74, 6) is -3.06. The second-order valence-electron chi connectivity index (χ2n) is 30.6. The summed E-state index contributed by atoms with van der Waals surface area (Å²) in [6.07, 6.45) is -3.62. The third-order valence-electron chi connectivity index (χ3n) is 20.0. The molecule has 16 N–H and O–H groups in total. The summed E-state index contributed by atoms with van der Waals surface area (Å²) in [6, 6.07) is -2.18. The number of hydrogen-bond acceptors (Lipinski definition) is 30. The molecule has 0 bridgehead atoms. The maximum absolute atomic E-state index is 14.0. The molecule has 0 aromatic heterocycles. The number of amides is 6. The molecule has 0 aromatic rings. The van der Waals surface area contributed by atoms with Crippen molar-refractivity contribution < 1.29 is 151 Å². The number of ketones is 4. The zero-order valence-corrected chi connectivity index (χ0v) is 69.7. The molecule has 0 spiro atoms. The summed E-state index contributed by atoms with van der Waals surface area (Å²) in [7, 11) is -3.66. The summed E-state index contributed by atoms with van der Waals surface area (Å²) >= 11 is 0. The molecule has 3 aliphatic rings. The topological polar surface area (TPSA) is 555 Å². The lowest BCUT2D eigenvalue weighted by Gasteiger charge is -2.42. The highest BCUT2D eigenvalue weighted by molar-refractivity contribution is 7.53. The normalized spacial score (nSPS) is 24.3. The molecule has 0 radical (unpaired) electrons. The van der Waals surface area contributed by atoms with E-state index in [9.17, 15) is 103 Å². The van der Waals surface area contributed by atoms with Crippen molar-refractivity contribution in [3.05, 3.63) is 0 Å². The van der Waals surface area contributed by atoms with Crippen molar-refractivity contribution in [2.45, 2.75) is 332 Å². The molecule has 680 valence electrons. The van der Waals surface area contributed by atoms with Gasteiger partial charge >= 0.3 is 7.60 Å². The van der Waals surface area contributed by atoms with E-state index in [0.29, 0.717) is 122 Å². The number of carbonyl (C=O) groups is 10. The number of aliphatic hydroxyl groups excluding tert-OH is 9. The second kappa shape index (κ2) is 62.1. The third-order valence-corrected chi connectivity index (χ3v) is 21.9. The molecule has 38 heteroatoms. The molecule has 117 heavy (non-hydrogen) atoms. The van der Waals surface area contributed by atoms with Gasteiger partial charge in [0.25, 0.3) is 0 Å². The number of carbonyl (C=O) groups excluding carboxylic acids is 10. The Bertz CT molecular complexity index is 2790. The monoisotopic (exact) mass is 1700 g/mol. The van der Waals surface area contributed by atoms with E-state index in [1.54, 1.807) is 20.8 Å². The first-order valence-electron chi connectivity index (χ1n) is 41.5. The van der Waals surface area contributed by atoms with Crippen LogP contribution in [0.15, 0.2) is 0 Å². The summed E-state index contributed by atoms with van der Waals surface area (Å²) in [6.45, 7) is 6.01. The number of rotatable bonds is 68. The molecule has 8 unspecified atom stereocenters. The van der Waals surface area contributed by atoms with E-state index in [0.717, 1.165) is 12.8 Å². The maximum Gasteiger partial charge on any atom is 0.330 e. The van der Waals surface area contributed by atoms with Crippen LogP contribution in [0.4, 0.5) is 0 Å². The zero-order valence-electron chi connectivity index (χ0n) is 68.8. The fraction of sp³-hybridized carbons (Fsp3) is 0.873. The molecule has 3 fully saturated rings. The summed E-state index contributed by atoms with van der Waals surface area (Å²) in [5.41, 5.74) is -1.97. The highest BCUT2D eigenvalue weighted by Crippen LogP contribution is 2.47. The van der Waals surface area contributed by atoms with E-state index in [4.69, 9.17) is 47.2 Å². The van der Waals surface area contributed by atoms with Crippen LogP contribution >= 0.6 is 7.60 Å². The second-order valence-corrected chi connectivity index (χ2v) is 33.0. The summed E-state index contributed by atoms with van der Waals surface area (Å²) in [5, 5.41) is 107. The number of unbranched alkanes of at least 4 members (excludes halogenated alkanes) is 10. The van der Waals surface area contributed by atoms with Gasteiger partial charge in [0.1, 0.15) is 89.6 Å². The molecule has 3 heterocycles. The van der Waals surface area contributed by atoms with Gasteiger partial charge in [-0.05, 0) is 89.9 Å². The van der Waals surface area contributed by atoms with Gasteiger partial charge in [-0.2, -0.15) is 0 Å². The van der Waals surface area contributed by atoms with Crippen LogP contribution in [0.1, 0.15) is 235 Å². The van der Waals surface area contributed by atoms with E-state index >= 15 is 0 Å². The average Bonchev–Trinajstić information content (AvgIpc) is 0.817. The number of ether oxygens (including phenoxy) is 9. The van der Waals surface area contributed by atoms with E-state index < -0.39 is 148 Å². The van der Waals surface area contributed by atoms with Gasteiger partial charge in [-0.1, -0.05) is 53.9 Å². The first kappa shape index (κ1) is 108. The highest BCUT2D eigenvalue weighted by atomic mass is 31.2. The fourth-order valence-corrected chi connectivity index (χ4v) is 13.6. The molecule has 0 aliphatic carbocycles. The maximum atomic E-state index is 14.0. The lowest BCUT2D eigenvalue weighted by Crippen LogP contribution is -2.64. The standard InChI is InChI=1S/C78H139N6O31P.CH4/c1-52(2)116(104,105)112-42-18-7-6-17-36-79-64(95)31-22-32-66(97)84-78(49-106-43-33-58(92)26-12-8-10-24-56(90)28-14-19-39-109-75-53(3)69(98)70(99)60(46-85)113-75,50-107-44-34-59(93)27-13-9-11-25-57(91)29-15-20-40-110-76-67(82-54(4)88)73(102)71(100)61(47-86)114-76)51-108-45-35-65(96)81-38-23-37-80-63(94)30-16-21-41-111-77-68(83-55(5)89)74(103)72(101)62(48-87)115-77;/h52-53,60-62,67-77,85-87,98-103H,6-51H2,1-5H3,(H,79,95)(H,80,94)(H,81,96)(H,82,88)(H,83,89)(H,84,97)(H,104,105);1H4/t53?,60?,61?,62?,67?,68?,69-,70+,71+,72+,73-,74-,75-,76-,77-,78?;/m1./s1. The molecule has 0 aromatic carbocycles. The Labute approximate surface area is 689 Å². The lowest BCUT2D eigenvalue weighted by molar-refractivity contribution is -0.282. The SMILES string of the molecule is C.CC(=O)NC1[C@H](OCCCCC(=O)CCCCCC(=O)CCOCC(COCCC(=O)CCCCCC(=O)CCCCO[C@@H]2OC(CO)[C@H](O)[C@H](O)C2C)(COCCC(=O)NCCCNC(=O)CCCCO[C@@H]2OC(CO)[C@H](O)[C@H](O)C2NC(C)=O)NC(=O)CCCC(=O)NCCCCCCOP(=O)(O)C(C)C)OC(CO)[C@H](O)[C@@H]1O. The molecule has 3 saturated heterocycles. The summed E-state index contributed by atoms with van der Waals surface area (Å²) in [4.78, 5) is 138. The smallest absolute Gasteiger partial charge is 0.330 e. The van der Waals surface area contributed by atoms with Gasteiger partial charge in [0.2, 0.25) is 35.4 Å². The van der Waals surface area contributed by atoms with Crippen molar-refractivity contribution in [3.63, 3.8) is 0 Å². The van der Waals surface area contributed by atoms with Crippen molar-refractivity contribution in [2.75, 3.05) is 106 Å². The van der Waals surface area contributed by atoms with Crippen LogP contribution in [0.5, 0.6) is 0 Å². The van der Waals surface area contributed by atoms with Gasteiger partial charge in [-0.15, -0.1) is 0 Å². The Morgan fingerprint density at radius 1 is 0.385 bits per heavy atom. The van der Waals surface area contributed by atoms with Crippen LogP contribution in [0.3, 0.4) is 0 Å². The van der Waals surface area contributed by atoms with Crippen molar-refractivity contribution >= 4 is 66.2 Å². The zero-order chi connectivity index (χ0) is 85.9. The number of hydrogen-bond donors (Lipinski definition) is 16. The van der Waals surface area contributed by atoms with E-state index in [-0.39, 0.29) is 192 Å². The van der Waals surface area contributed by atoms with Crippen molar-refractivity contribution in [1.29, 1.82) is 0 Å². The Morgan fingerprint density at radius 3 is 1.13 bits per heavy atom. The van der Waals surface area contributed by atoms with Crippen LogP contribution < -0.4 is 31.9 Å². The minimum atomic E-state index is -3.66. The van der Waals surface area contributed by atoms with Gasteiger partial charge in [0.05, 0.1) is 77.8 Å². The Kier molecular flexibility index (Phi) is 57.3. The van der Waals surface area contributed by atoms with Crippen molar-refractivity contribution in [1.82, 2.24) is 31.9 Å². The van der Waals surface area contributed by atoms with Crippen LogP contribution in [0.25, 0.3) is 0 Å². The van der Waals surface area contributed by atoms with Gasteiger partial charge in [-0.3, -0.25) is 52.5 Å². The lowest BCUT2D eigenvalue weighted by atomic mass is 9.92. The van der Waals surface area contributed by atoms with Crippen molar-refractivity contribution in [2.24, 2.45) is 5.92 Å². The first-order valence-corrected chi connectivity index (χ1v) is 43.2. The number of nitrogens with one attached hydrogen (secondary N) is 6. The van der Waals surface area contributed by atoms with Crippen LogP contribution in [0.2, 0.25) is 0 Å². The minimum Gasteiger partial charge on any atom is -0.394 e. The predicted molar refractivity (Wildman–Crippen MR) is 424 cm³/mol. The van der Waals surface area contributed by atoms with E-state index in [2.05, 4.69) is 31.9 Å². The van der Waals surface area contributed by atoms with Gasteiger partial charge in [0.15, 0.2) is 18.9 Å². The molecule has 3 aliphatic heterocycles. The number of aliphatic hydroxyl groups is 9. The Morgan fingerprint density at radius 2 is 0.709 bits per heavy atom. The third kappa shape index (κ3) is 45.6. The molecule has 17 atom stereocenters. The molecule has 0 saturated carbocycles. The van der Waals surface area contributed by atoms with E-state index in [1.807, 2.05) is 0 Å². The van der Waals surface area contributed by atoms with Gasteiger partial charge in [-0.25, -0.2) is 0 Å². The summed E-state index contributed by atoms with van der Waals surface area (Å²) < 4.78 is 69.6. The Balaban J connectivity index is 0.0000464. The number of Topliss-reactive ketones (excluding diaryl/α,β-unsaturated/α-hetero) is 4. The molecular weight excluding hydrogens is 1560 g/mol. The Hall–Kier alpha value is -5.07. The quantitative estimate of drug-likeness (QED) is 0.0303. The van der Waals surface area contributed by atoms with Crippen LogP contribution in [-0.2, 0) is 99.7 Å². The largest absolute Gasteiger partial charge is 0.394 e. The van der Waals surface area contributed by atoms with Crippen LogP contribution in [0, 0.1) is 5.92 Å². The predicted octanol–water partition coefficient (Wildman–Crippen LogP) is 1.48. The van der Waals surface area contributed by atoms with E-state index in [1.165, 1.54) is 13.8 Å². The molecular formula is C79H143N6O31P. The van der Waals surface area contributed by atoms with Crippen molar-refractivity contribution in [3.8, 4) is 0 Å². The molecule has 3 rings (SSSR count). The first-order chi connectivity index (χ1) is 55.4. The fourth-order valence-electron chi connectivity index (χ4n) is 12.9.